The first-order chi connectivity index (χ1) is 8.08. The Morgan fingerprint density at radius 3 is 2.71 bits per heavy atom. The lowest BCUT2D eigenvalue weighted by Gasteiger charge is -2.16. The second-order valence-corrected chi connectivity index (χ2v) is 5.77. The zero-order valence-electron chi connectivity index (χ0n) is 9.83. The molecule has 0 spiro atoms. The Morgan fingerprint density at radius 1 is 1.29 bits per heavy atom. The molecule has 90 valence electrons. The summed E-state index contributed by atoms with van der Waals surface area (Å²) in [5.74, 6) is 0. The van der Waals surface area contributed by atoms with Gasteiger partial charge in [-0.3, -0.25) is 0 Å². The average Bonchev–Trinajstić information content (AvgIpc) is 2.72. The largest absolute Gasteiger partial charge is 0.398 e. The summed E-state index contributed by atoms with van der Waals surface area (Å²) in [6, 6.07) is 10.1. The van der Waals surface area contributed by atoms with E-state index >= 15 is 0 Å². The first kappa shape index (κ1) is 12.3. The lowest BCUT2D eigenvalue weighted by molar-refractivity contribution is 0.906. The molecule has 0 saturated heterocycles. The van der Waals surface area contributed by atoms with Crippen LogP contribution in [0, 0.1) is 6.92 Å². The van der Waals surface area contributed by atoms with Crippen molar-refractivity contribution in [3.8, 4) is 0 Å². The van der Waals surface area contributed by atoms with Gasteiger partial charge in [0.15, 0.2) is 0 Å². The Labute approximate surface area is 110 Å². The van der Waals surface area contributed by atoms with Crippen molar-refractivity contribution in [3.05, 3.63) is 45.1 Å². The normalized spacial score (nSPS) is 12.4. The molecule has 1 aromatic heterocycles. The first-order valence-corrected chi connectivity index (χ1v) is 6.64. The molecule has 0 bridgehead atoms. The van der Waals surface area contributed by atoms with Gasteiger partial charge >= 0.3 is 0 Å². The zero-order valence-corrected chi connectivity index (χ0v) is 11.4. The van der Waals surface area contributed by atoms with Gasteiger partial charge in [0.2, 0.25) is 0 Å². The molecular formula is C13H15ClN2S. The second-order valence-electron chi connectivity index (χ2n) is 4.03. The van der Waals surface area contributed by atoms with E-state index in [0.29, 0.717) is 0 Å². The van der Waals surface area contributed by atoms with Crippen molar-refractivity contribution in [2.45, 2.75) is 19.9 Å². The van der Waals surface area contributed by atoms with Gasteiger partial charge in [-0.1, -0.05) is 17.7 Å². The number of nitrogens with two attached hydrogens (primary N) is 1. The van der Waals surface area contributed by atoms with Crippen molar-refractivity contribution >= 4 is 34.3 Å². The molecule has 3 N–H and O–H groups in total. The lowest BCUT2D eigenvalue weighted by Crippen LogP contribution is -2.06. The molecule has 0 amide bonds. The van der Waals surface area contributed by atoms with Gasteiger partial charge < -0.3 is 11.1 Å². The maximum atomic E-state index is 5.93. The van der Waals surface area contributed by atoms with E-state index in [9.17, 15) is 0 Å². The Kier molecular flexibility index (Phi) is 3.60. The summed E-state index contributed by atoms with van der Waals surface area (Å²) in [6.07, 6.45) is 0. The van der Waals surface area contributed by atoms with E-state index in [1.807, 2.05) is 37.3 Å². The van der Waals surface area contributed by atoms with Gasteiger partial charge in [0.25, 0.3) is 0 Å². The van der Waals surface area contributed by atoms with Crippen LogP contribution in [0.2, 0.25) is 4.34 Å². The predicted molar refractivity (Wildman–Crippen MR) is 77.0 cm³/mol. The Bertz CT molecular complexity index is 522. The lowest BCUT2D eigenvalue weighted by atomic mass is 10.1. The Balaban J connectivity index is 2.18. The Hall–Kier alpha value is -1.19. The predicted octanol–water partition coefficient (Wildman–Crippen LogP) is 4.47. The SMILES string of the molecule is Cc1c(N)cccc1NC(C)c1ccc(Cl)s1. The molecule has 0 aliphatic rings. The molecule has 1 heterocycles. The topological polar surface area (TPSA) is 38.0 Å². The number of halogens is 1. The molecule has 2 aromatic rings. The van der Waals surface area contributed by atoms with E-state index < -0.39 is 0 Å². The van der Waals surface area contributed by atoms with Crippen LogP contribution in [0.3, 0.4) is 0 Å². The summed E-state index contributed by atoms with van der Waals surface area (Å²) in [5, 5.41) is 3.45. The van der Waals surface area contributed by atoms with Gasteiger partial charge in [-0.25, -0.2) is 0 Å². The fourth-order valence-corrected chi connectivity index (χ4v) is 2.74. The highest BCUT2D eigenvalue weighted by molar-refractivity contribution is 7.16. The van der Waals surface area contributed by atoms with E-state index in [4.69, 9.17) is 17.3 Å². The maximum absolute atomic E-state index is 5.93. The standard InChI is InChI=1S/C13H15ClN2S/c1-8-10(15)4-3-5-11(8)16-9(2)12-6-7-13(14)17-12/h3-7,9,16H,15H2,1-2H3. The maximum Gasteiger partial charge on any atom is 0.0932 e. The summed E-state index contributed by atoms with van der Waals surface area (Å²) < 4.78 is 0.818. The minimum absolute atomic E-state index is 0.230. The molecule has 17 heavy (non-hydrogen) atoms. The van der Waals surface area contributed by atoms with Crippen LogP contribution in [-0.2, 0) is 0 Å². The van der Waals surface area contributed by atoms with Gasteiger partial charge in [-0.2, -0.15) is 0 Å². The summed E-state index contributed by atoms with van der Waals surface area (Å²) in [7, 11) is 0. The number of rotatable bonds is 3. The molecule has 0 fully saturated rings. The smallest absolute Gasteiger partial charge is 0.0932 e. The molecule has 0 aliphatic carbocycles. The third-order valence-corrected chi connectivity index (χ3v) is 4.18. The first-order valence-electron chi connectivity index (χ1n) is 5.45. The van der Waals surface area contributed by atoms with Gasteiger partial charge in [-0.05, 0) is 43.7 Å². The van der Waals surface area contributed by atoms with Crippen molar-refractivity contribution in [2.75, 3.05) is 11.1 Å². The van der Waals surface area contributed by atoms with Crippen LogP contribution in [0.25, 0.3) is 0 Å². The third-order valence-electron chi connectivity index (χ3n) is 2.77. The van der Waals surface area contributed by atoms with Crippen LogP contribution in [0.5, 0.6) is 0 Å². The molecule has 1 aromatic carbocycles. The number of benzene rings is 1. The van der Waals surface area contributed by atoms with Crippen molar-refractivity contribution < 1.29 is 0 Å². The summed E-state index contributed by atoms with van der Waals surface area (Å²) in [5.41, 5.74) is 8.85. The number of anilines is 2. The van der Waals surface area contributed by atoms with Crippen LogP contribution in [0.15, 0.2) is 30.3 Å². The highest BCUT2D eigenvalue weighted by atomic mass is 35.5. The van der Waals surface area contributed by atoms with Crippen LogP contribution < -0.4 is 11.1 Å². The number of thiophene rings is 1. The molecule has 0 aliphatic heterocycles. The van der Waals surface area contributed by atoms with Crippen molar-refractivity contribution in [2.24, 2.45) is 0 Å². The minimum Gasteiger partial charge on any atom is -0.398 e. The monoisotopic (exact) mass is 266 g/mol. The van der Waals surface area contributed by atoms with E-state index in [1.54, 1.807) is 11.3 Å². The quantitative estimate of drug-likeness (QED) is 0.805. The summed E-state index contributed by atoms with van der Waals surface area (Å²) in [6.45, 7) is 4.14. The number of nitrogen functional groups attached to an aromatic ring is 1. The number of nitrogens with one attached hydrogen (secondary N) is 1. The second kappa shape index (κ2) is 4.98. The van der Waals surface area contributed by atoms with E-state index in [1.165, 1.54) is 4.88 Å². The minimum atomic E-state index is 0.230. The summed E-state index contributed by atoms with van der Waals surface area (Å²) in [4.78, 5) is 1.22. The van der Waals surface area contributed by atoms with E-state index in [-0.39, 0.29) is 6.04 Å². The fraction of sp³-hybridized carbons (Fsp3) is 0.231. The summed E-state index contributed by atoms with van der Waals surface area (Å²) >= 11 is 7.53. The number of hydrogen-bond donors (Lipinski definition) is 2. The molecule has 2 rings (SSSR count). The highest BCUT2D eigenvalue weighted by Gasteiger charge is 2.09. The van der Waals surface area contributed by atoms with Gasteiger partial charge in [0, 0.05) is 16.3 Å². The zero-order chi connectivity index (χ0) is 12.4. The van der Waals surface area contributed by atoms with E-state index in [2.05, 4.69) is 12.2 Å². The van der Waals surface area contributed by atoms with Crippen molar-refractivity contribution in [1.82, 2.24) is 0 Å². The van der Waals surface area contributed by atoms with Crippen LogP contribution in [0.4, 0.5) is 11.4 Å². The van der Waals surface area contributed by atoms with Crippen LogP contribution >= 0.6 is 22.9 Å². The highest BCUT2D eigenvalue weighted by Crippen LogP contribution is 2.30. The molecule has 0 saturated carbocycles. The molecule has 1 unspecified atom stereocenters. The molecular weight excluding hydrogens is 252 g/mol. The fourth-order valence-electron chi connectivity index (χ4n) is 1.68. The van der Waals surface area contributed by atoms with Gasteiger partial charge in [0.1, 0.15) is 0 Å². The van der Waals surface area contributed by atoms with Crippen LogP contribution in [-0.4, -0.2) is 0 Å². The Morgan fingerprint density at radius 2 is 2.06 bits per heavy atom. The molecule has 4 heteroatoms. The number of hydrogen-bond acceptors (Lipinski definition) is 3. The van der Waals surface area contributed by atoms with E-state index in [0.717, 1.165) is 21.3 Å². The average molecular weight is 267 g/mol. The van der Waals surface area contributed by atoms with Gasteiger partial charge in [-0.15, -0.1) is 11.3 Å². The van der Waals surface area contributed by atoms with Crippen LogP contribution in [0.1, 0.15) is 23.4 Å². The van der Waals surface area contributed by atoms with Crippen molar-refractivity contribution in [3.63, 3.8) is 0 Å². The molecule has 0 radical (unpaired) electrons. The van der Waals surface area contributed by atoms with Gasteiger partial charge in [0.05, 0.1) is 10.4 Å². The third kappa shape index (κ3) is 2.73. The molecule has 2 nitrogen and oxygen atoms in total. The molecule has 1 atom stereocenters. The van der Waals surface area contributed by atoms with Crippen molar-refractivity contribution in [1.29, 1.82) is 0 Å².